The van der Waals surface area contributed by atoms with Crippen LogP contribution in [0, 0.1) is 5.92 Å². The van der Waals surface area contributed by atoms with E-state index in [4.69, 9.17) is 14.9 Å². The second-order valence-electron chi connectivity index (χ2n) is 5.27. The monoisotopic (exact) mass is 272 g/mol. The van der Waals surface area contributed by atoms with Crippen molar-refractivity contribution >= 4 is 11.9 Å². The molecule has 1 heterocycles. The Kier molecular flexibility index (Phi) is 6.84. The molecule has 2 rings (SSSR count). The number of ether oxygens (including phenoxy) is 1. The first-order chi connectivity index (χ1) is 9.04. The molecule has 0 amide bonds. The van der Waals surface area contributed by atoms with E-state index in [1.807, 2.05) is 0 Å². The molecular weight excluding hydrogens is 248 g/mol. The molecule has 0 radical (unpaired) electrons. The number of hydrogen-bond acceptors (Lipinski definition) is 3. The highest BCUT2D eigenvalue weighted by Gasteiger charge is 2.45. The molecule has 3 atom stereocenters. The molecule has 1 saturated carbocycles. The Balaban J connectivity index is 0.000000192. The highest BCUT2D eigenvalue weighted by molar-refractivity contribution is 5.70. The second-order valence-corrected chi connectivity index (χ2v) is 5.27. The Morgan fingerprint density at radius 1 is 1.11 bits per heavy atom. The zero-order chi connectivity index (χ0) is 14.3. The van der Waals surface area contributed by atoms with Gasteiger partial charge in [-0.2, -0.15) is 0 Å². The first kappa shape index (κ1) is 16.0. The number of aliphatic carboxylic acids is 2. The normalized spacial score (nSPS) is 27.7. The van der Waals surface area contributed by atoms with Crippen molar-refractivity contribution in [2.45, 2.75) is 70.5 Å². The maximum atomic E-state index is 10.5. The fraction of sp³-hybridized carbons (Fsp3) is 0.857. The van der Waals surface area contributed by atoms with Crippen LogP contribution >= 0.6 is 0 Å². The van der Waals surface area contributed by atoms with Gasteiger partial charge in [-0.25, -0.2) is 0 Å². The van der Waals surface area contributed by atoms with Gasteiger partial charge in [-0.1, -0.05) is 26.2 Å². The van der Waals surface area contributed by atoms with E-state index in [9.17, 15) is 9.59 Å². The van der Waals surface area contributed by atoms with E-state index >= 15 is 0 Å². The smallest absolute Gasteiger partial charge is 0.306 e. The molecule has 110 valence electrons. The number of epoxide rings is 1. The third-order valence-electron chi connectivity index (χ3n) is 3.60. The van der Waals surface area contributed by atoms with Crippen LogP contribution in [0.4, 0.5) is 0 Å². The second kappa shape index (κ2) is 8.15. The molecule has 0 bridgehead atoms. The number of carboxylic acids is 2. The van der Waals surface area contributed by atoms with Gasteiger partial charge >= 0.3 is 11.9 Å². The highest BCUT2D eigenvalue weighted by Crippen LogP contribution is 2.39. The standard InChI is InChI=1S/C7H10O3.C7H14O2/c8-7(9)4-1-2-5-6(3-4)10-5;1-2-3-4-5-6-7(8)9/h4-6H,1-3H2,(H,8,9);2-6H2,1H3,(H,8,9). The van der Waals surface area contributed by atoms with Gasteiger partial charge in [-0.15, -0.1) is 0 Å². The van der Waals surface area contributed by atoms with E-state index in [-0.39, 0.29) is 12.0 Å². The summed E-state index contributed by atoms with van der Waals surface area (Å²) in [6.07, 6.45) is 7.74. The highest BCUT2D eigenvalue weighted by atomic mass is 16.6. The van der Waals surface area contributed by atoms with Crippen molar-refractivity contribution < 1.29 is 24.5 Å². The Morgan fingerprint density at radius 2 is 1.84 bits per heavy atom. The van der Waals surface area contributed by atoms with E-state index in [0.717, 1.165) is 38.5 Å². The summed E-state index contributed by atoms with van der Waals surface area (Å²) < 4.78 is 5.19. The zero-order valence-electron chi connectivity index (χ0n) is 11.5. The quantitative estimate of drug-likeness (QED) is 0.573. The SMILES string of the molecule is CCCCCCC(=O)O.O=C(O)C1CCC2OC2C1. The Hall–Kier alpha value is -1.10. The number of carbonyl (C=O) groups is 2. The van der Waals surface area contributed by atoms with Crippen LogP contribution in [0.1, 0.15) is 58.3 Å². The lowest BCUT2D eigenvalue weighted by Crippen LogP contribution is -2.21. The predicted octanol–water partition coefficient (Wildman–Crippen LogP) is 2.68. The van der Waals surface area contributed by atoms with Crippen molar-refractivity contribution in [2.75, 3.05) is 0 Å². The van der Waals surface area contributed by atoms with Crippen molar-refractivity contribution in [1.29, 1.82) is 0 Å². The Labute approximate surface area is 114 Å². The van der Waals surface area contributed by atoms with Crippen molar-refractivity contribution in [1.82, 2.24) is 0 Å². The third kappa shape index (κ3) is 6.57. The van der Waals surface area contributed by atoms with Crippen LogP contribution in [-0.2, 0) is 14.3 Å². The molecule has 1 aliphatic carbocycles. The van der Waals surface area contributed by atoms with Gasteiger partial charge in [0.2, 0.25) is 0 Å². The summed E-state index contributed by atoms with van der Waals surface area (Å²) in [5, 5.41) is 16.8. The van der Waals surface area contributed by atoms with Crippen molar-refractivity contribution in [3.8, 4) is 0 Å². The van der Waals surface area contributed by atoms with E-state index in [2.05, 4.69) is 6.92 Å². The van der Waals surface area contributed by atoms with Gasteiger partial charge in [0.05, 0.1) is 18.1 Å². The molecule has 2 aliphatic rings. The van der Waals surface area contributed by atoms with Crippen molar-refractivity contribution in [2.24, 2.45) is 5.92 Å². The number of carboxylic acid groups (broad SMARTS) is 2. The molecule has 1 aliphatic heterocycles. The Bertz CT molecular complexity index is 302. The first-order valence-electron chi connectivity index (χ1n) is 7.14. The molecule has 0 aromatic heterocycles. The average molecular weight is 272 g/mol. The zero-order valence-corrected chi connectivity index (χ0v) is 11.5. The molecule has 5 heteroatoms. The maximum absolute atomic E-state index is 10.5. The van der Waals surface area contributed by atoms with Crippen LogP contribution in [0.25, 0.3) is 0 Å². The summed E-state index contributed by atoms with van der Waals surface area (Å²) in [5.41, 5.74) is 0. The summed E-state index contributed by atoms with van der Waals surface area (Å²) in [4.78, 5) is 20.4. The molecule has 0 spiro atoms. The largest absolute Gasteiger partial charge is 0.481 e. The minimum atomic E-state index is -0.675. The number of fused-ring (bicyclic) bond motifs is 1. The molecule has 3 unspecified atom stereocenters. The van der Waals surface area contributed by atoms with Crippen molar-refractivity contribution in [3.63, 3.8) is 0 Å². The van der Waals surface area contributed by atoms with E-state index in [0.29, 0.717) is 12.5 Å². The van der Waals surface area contributed by atoms with Gasteiger partial charge in [-0.05, 0) is 25.7 Å². The number of unbranched alkanes of at least 4 members (excludes halogenated alkanes) is 3. The lowest BCUT2D eigenvalue weighted by atomic mass is 9.90. The van der Waals surface area contributed by atoms with Crippen LogP contribution in [0.15, 0.2) is 0 Å². The van der Waals surface area contributed by atoms with Gasteiger partial charge < -0.3 is 14.9 Å². The molecule has 2 fully saturated rings. The van der Waals surface area contributed by atoms with E-state index in [1.54, 1.807) is 0 Å². The van der Waals surface area contributed by atoms with Gasteiger partial charge in [-0.3, -0.25) is 9.59 Å². The van der Waals surface area contributed by atoms with Gasteiger partial charge in [0.25, 0.3) is 0 Å². The van der Waals surface area contributed by atoms with Crippen LogP contribution in [0.3, 0.4) is 0 Å². The van der Waals surface area contributed by atoms with E-state index < -0.39 is 11.9 Å². The first-order valence-corrected chi connectivity index (χ1v) is 7.14. The van der Waals surface area contributed by atoms with Gasteiger partial charge in [0.1, 0.15) is 0 Å². The lowest BCUT2D eigenvalue weighted by Gasteiger charge is -2.12. The van der Waals surface area contributed by atoms with Gasteiger partial charge in [0, 0.05) is 6.42 Å². The molecule has 1 saturated heterocycles. The van der Waals surface area contributed by atoms with E-state index in [1.165, 1.54) is 6.42 Å². The lowest BCUT2D eigenvalue weighted by molar-refractivity contribution is -0.142. The van der Waals surface area contributed by atoms with Crippen LogP contribution in [0.5, 0.6) is 0 Å². The summed E-state index contributed by atoms with van der Waals surface area (Å²) in [6, 6.07) is 0. The van der Waals surface area contributed by atoms with Crippen LogP contribution in [0.2, 0.25) is 0 Å². The predicted molar refractivity (Wildman–Crippen MR) is 70.0 cm³/mol. The molecule has 0 aromatic rings. The fourth-order valence-electron chi connectivity index (χ4n) is 2.33. The maximum Gasteiger partial charge on any atom is 0.306 e. The summed E-state index contributed by atoms with van der Waals surface area (Å²) in [7, 11) is 0. The fourth-order valence-corrected chi connectivity index (χ4v) is 2.33. The summed E-state index contributed by atoms with van der Waals surface area (Å²) in [5.74, 6) is -1.47. The Morgan fingerprint density at radius 3 is 2.37 bits per heavy atom. The minimum absolute atomic E-state index is 0.135. The average Bonchev–Trinajstić information content (AvgIpc) is 3.13. The summed E-state index contributed by atoms with van der Waals surface area (Å²) >= 11 is 0. The number of rotatable bonds is 6. The molecular formula is C14H24O5. The molecule has 19 heavy (non-hydrogen) atoms. The molecule has 5 nitrogen and oxygen atoms in total. The van der Waals surface area contributed by atoms with Crippen LogP contribution < -0.4 is 0 Å². The molecule has 0 aromatic carbocycles. The molecule has 2 N–H and O–H groups in total. The number of hydrogen-bond donors (Lipinski definition) is 2. The minimum Gasteiger partial charge on any atom is -0.481 e. The van der Waals surface area contributed by atoms with Crippen LogP contribution in [-0.4, -0.2) is 34.4 Å². The summed E-state index contributed by atoms with van der Waals surface area (Å²) in [6.45, 7) is 2.11. The third-order valence-corrected chi connectivity index (χ3v) is 3.60. The topological polar surface area (TPSA) is 87.1 Å². The van der Waals surface area contributed by atoms with Gasteiger partial charge in [0.15, 0.2) is 0 Å². The van der Waals surface area contributed by atoms with Crippen molar-refractivity contribution in [3.05, 3.63) is 0 Å².